The van der Waals surface area contributed by atoms with E-state index >= 15 is 0 Å². The standard InChI is InChI=1S/C17H20ClN7O2/c1-27-16-12(18)10(2-5-20-16)13-14-15(24-23-13)22-11(8-21-14)25-6-3-17(19,9-26)4-7-25/h2,5,8,26H,3-4,6-7,9,19H2,1H3,(H,22,23,24). The SMILES string of the molecule is COc1nccc(-c2n[nH]c3nc(N4CCC(N)(CO)CC4)cnc23)c1Cl. The summed E-state index contributed by atoms with van der Waals surface area (Å²) in [5.41, 5.74) is 8.08. The van der Waals surface area contributed by atoms with Crippen LogP contribution in [-0.4, -0.2) is 62.6 Å². The Kier molecular flexibility index (Phi) is 4.58. The molecule has 142 valence electrons. The summed E-state index contributed by atoms with van der Waals surface area (Å²) in [5, 5.41) is 17.0. The van der Waals surface area contributed by atoms with Crippen molar-refractivity contribution in [3.05, 3.63) is 23.5 Å². The molecule has 3 aromatic rings. The van der Waals surface area contributed by atoms with Crippen molar-refractivity contribution < 1.29 is 9.84 Å². The van der Waals surface area contributed by atoms with Crippen LogP contribution in [0, 0.1) is 0 Å². The van der Waals surface area contributed by atoms with Gasteiger partial charge in [0.25, 0.3) is 0 Å². The molecule has 1 aliphatic rings. The zero-order valence-corrected chi connectivity index (χ0v) is 15.6. The number of H-pyrrole nitrogens is 1. The number of anilines is 1. The predicted molar refractivity (Wildman–Crippen MR) is 102 cm³/mol. The number of nitrogens with zero attached hydrogens (tertiary/aromatic N) is 5. The van der Waals surface area contributed by atoms with Crippen molar-refractivity contribution in [2.24, 2.45) is 5.73 Å². The Hall–Kier alpha value is -2.49. The van der Waals surface area contributed by atoms with E-state index in [0.29, 0.717) is 59.3 Å². The van der Waals surface area contributed by atoms with E-state index in [1.54, 1.807) is 18.5 Å². The van der Waals surface area contributed by atoms with Gasteiger partial charge >= 0.3 is 0 Å². The zero-order chi connectivity index (χ0) is 19.0. The van der Waals surface area contributed by atoms with E-state index in [1.807, 2.05) is 0 Å². The first-order valence-corrected chi connectivity index (χ1v) is 8.97. The van der Waals surface area contributed by atoms with Gasteiger partial charge in [-0.3, -0.25) is 5.10 Å². The molecule has 10 heteroatoms. The highest BCUT2D eigenvalue weighted by Crippen LogP contribution is 2.35. The molecule has 27 heavy (non-hydrogen) atoms. The number of nitrogens with one attached hydrogen (secondary N) is 1. The molecule has 4 heterocycles. The van der Waals surface area contributed by atoms with Gasteiger partial charge < -0.3 is 20.5 Å². The summed E-state index contributed by atoms with van der Waals surface area (Å²) in [7, 11) is 1.51. The third-order valence-electron chi connectivity index (χ3n) is 4.96. The van der Waals surface area contributed by atoms with Crippen LogP contribution < -0.4 is 15.4 Å². The second-order valence-electron chi connectivity index (χ2n) is 6.69. The summed E-state index contributed by atoms with van der Waals surface area (Å²) in [5.74, 6) is 1.08. The average Bonchev–Trinajstić information content (AvgIpc) is 3.12. The van der Waals surface area contributed by atoms with Gasteiger partial charge in [-0.1, -0.05) is 11.6 Å². The number of aliphatic hydroxyl groups is 1. The fourth-order valence-electron chi connectivity index (χ4n) is 3.22. The normalized spacial score (nSPS) is 16.7. The molecule has 4 N–H and O–H groups in total. The summed E-state index contributed by atoms with van der Waals surface area (Å²) in [6.07, 6.45) is 4.72. The first-order chi connectivity index (χ1) is 13.0. The number of fused-ring (bicyclic) bond motifs is 1. The lowest BCUT2D eigenvalue weighted by Crippen LogP contribution is -2.53. The molecule has 0 unspecified atom stereocenters. The van der Waals surface area contributed by atoms with Crippen LogP contribution in [-0.2, 0) is 0 Å². The van der Waals surface area contributed by atoms with E-state index in [-0.39, 0.29) is 6.61 Å². The Bertz CT molecular complexity index is 969. The number of ether oxygens (including phenoxy) is 1. The van der Waals surface area contributed by atoms with Crippen LogP contribution in [0.1, 0.15) is 12.8 Å². The maximum atomic E-state index is 9.41. The molecular formula is C17H20ClN7O2. The van der Waals surface area contributed by atoms with E-state index in [0.717, 1.165) is 5.82 Å². The maximum absolute atomic E-state index is 9.41. The number of rotatable bonds is 4. The van der Waals surface area contributed by atoms with Gasteiger partial charge in [0.2, 0.25) is 5.88 Å². The van der Waals surface area contributed by atoms with Gasteiger partial charge in [0.1, 0.15) is 22.1 Å². The van der Waals surface area contributed by atoms with E-state index in [2.05, 4.69) is 30.0 Å². The molecule has 1 aliphatic heterocycles. The van der Waals surface area contributed by atoms with Gasteiger partial charge in [0.05, 0.1) is 19.9 Å². The summed E-state index contributed by atoms with van der Waals surface area (Å²) in [6.45, 7) is 1.42. The summed E-state index contributed by atoms with van der Waals surface area (Å²) >= 11 is 6.36. The van der Waals surface area contributed by atoms with Crippen LogP contribution in [0.25, 0.3) is 22.4 Å². The van der Waals surface area contributed by atoms with Gasteiger partial charge in [-0.15, -0.1) is 0 Å². The van der Waals surface area contributed by atoms with Crippen molar-refractivity contribution in [2.75, 3.05) is 31.7 Å². The number of hydrogen-bond donors (Lipinski definition) is 3. The van der Waals surface area contributed by atoms with Crippen LogP contribution in [0.3, 0.4) is 0 Å². The van der Waals surface area contributed by atoms with Crippen LogP contribution in [0.5, 0.6) is 5.88 Å². The lowest BCUT2D eigenvalue weighted by atomic mass is 9.90. The minimum Gasteiger partial charge on any atom is -0.480 e. The summed E-state index contributed by atoms with van der Waals surface area (Å²) in [6, 6.07) is 1.76. The van der Waals surface area contributed by atoms with Gasteiger partial charge in [0.15, 0.2) is 5.65 Å². The molecule has 0 aliphatic carbocycles. The number of pyridine rings is 1. The Morgan fingerprint density at radius 1 is 1.37 bits per heavy atom. The Labute approximate surface area is 160 Å². The monoisotopic (exact) mass is 389 g/mol. The molecule has 1 fully saturated rings. The van der Waals surface area contributed by atoms with Gasteiger partial charge in [-0.2, -0.15) is 5.10 Å². The predicted octanol–water partition coefficient (Wildman–Crippen LogP) is 1.37. The zero-order valence-electron chi connectivity index (χ0n) is 14.8. The quantitative estimate of drug-likeness (QED) is 0.610. The highest BCUT2D eigenvalue weighted by Gasteiger charge is 2.30. The van der Waals surface area contributed by atoms with Crippen molar-refractivity contribution in [3.63, 3.8) is 0 Å². The Balaban J connectivity index is 1.65. The van der Waals surface area contributed by atoms with Crippen molar-refractivity contribution in [3.8, 4) is 17.1 Å². The van der Waals surface area contributed by atoms with Gasteiger partial charge in [-0.05, 0) is 18.9 Å². The van der Waals surface area contributed by atoms with Gasteiger partial charge in [0, 0.05) is 30.4 Å². The Morgan fingerprint density at radius 3 is 2.85 bits per heavy atom. The van der Waals surface area contributed by atoms with E-state index in [1.165, 1.54) is 7.11 Å². The molecule has 9 nitrogen and oxygen atoms in total. The number of aromatic amines is 1. The molecule has 4 rings (SSSR count). The van der Waals surface area contributed by atoms with E-state index in [4.69, 9.17) is 22.1 Å². The molecular weight excluding hydrogens is 370 g/mol. The molecule has 1 saturated heterocycles. The van der Waals surface area contributed by atoms with Crippen LogP contribution in [0.2, 0.25) is 5.02 Å². The molecule has 0 atom stereocenters. The second-order valence-corrected chi connectivity index (χ2v) is 7.06. The van der Waals surface area contributed by atoms with Crippen molar-refractivity contribution in [1.82, 2.24) is 25.1 Å². The Morgan fingerprint density at radius 2 is 2.15 bits per heavy atom. The molecule has 0 bridgehead atoms. The number of halogens is 1. The maximum Gasteiger partial charge on any atom is 0.232 e. The minimum absolute atomic E-state index is 0.00832. The molecule has 0 radical (unpaired) electrons. The molecule has 0 spiro atoms. The number of aromatic nitrogens is 5. The minimum atomic E-state index is -0.508. The third kappa shape index (κ3) is 3.18. The van der Waals surface area contributed by atoms with E-state index in [9.17, 15) is 5.11 Å². The summed E-state index contributed by atoms with van der Waals surface area (Å²) < 4.78 is 5.17. The topological polar surface area (TPSA) is 126 Å². The molecule has 0 saturated carbocycles. The highest BCUT2D eigenvalue weighted by molar-refractivity contribution is 6.34. The third-order valence-corrected chi connectivity index (χ3v) is 5.33. The number of hydrogen-bond acceptors (Lipinski definition) is 8. The second kappa shape index (κ2) is 6.91. The average molecular weight is 390 g/mol. The molecule has 3 aromatic heterocycles. The number of methoxy groups -OCH3 is 1. The number of piperidine rings is 1. The fraction of sp³-hybridized carbons (Fsp3) is 0.412. The van der Waals surface area contributed by atoms with Crippen LogP contribution >= 0.6 is 11.6 Å². The lowest BCUT2D eigenvalue weighted by Gasteiger charge is -2.38. The molecule has 0 amide bonds. The van der Waals surface area contributed by atoms with Crippen molar-refractivity contribution in [1.29, 1.82) is 0 Å². The van der Waals surface area contributed by atoms with E-state index < -0.39 is 5.54 Å². The summed E-state index contributed by atoms with van der Waals surface area (Å²) in [4.78, 5) is 15.4. The van der Waals surface area contributed by atoms with Crippen molar-refractivity contribution in [2.45, 2.75) is 18.4 Å². The largest absolute Gasteiger partial charge is 0.480 e. The number of nitrogens with two attached hydrogens (primary N) is 1. The lowest BCUT2D eigenvalue weighted by molar-refractivity contribution is 0.170. The van der Waals surface area contributed by atoms with Crippen LogP contribution in [0.15, 0.2) is 18.5 Å². The first-order valence-electron chi connectivity index (χ1n) is 8.59. The highest BCUT2D eigenvalue weighted by atomic mass is 35.5. The van der Waals surface area contributed by atoms with Crippen LogP contribution in [0.4, 0.5) is 5.82 Å². The smallest absolute Gasteiger partial charge is 0.232 e. The molecule has 0 aromatic carbocycles. The fourth-order valence-corrected chi connectivity index (χ4v) is 3.50. The van der Waals surface area contributed by atoms with Gasteiger partial charge in [-0.25, -0.2) is 15.0 Å². The van der Waals surface area contributed by atoms with Crippen molar-refractivity contribution >= 4 is 28.6 Å². The first kappa shape index (κ1) is 17.9. The number of aliphatic hydroxyl groups excluding tert-OH is 1.